The Labute approximate surface area is 307 Å². The first-order chi connectivity index (χ1) is 25.6. The third-order valence-corrected chi connectivity index (χ3v) is 10.6. The fraction of sp³-hybridized carbons (Fsp3) is 0.421. The summed E-state index contributed by atoms with van der Waals surface area (Å²) in [6.45, 7) is 5.50. The number of amides is 4. The van der Waals surface area contributed by atoms with Gasteiger partial charge >= 0.3 is 0 Å². The van der Waals surface area contributed by atoms with Crippen LogP contribution in [0.2, 0.25) is 0 Å². The lowest BCUT2D eigenvalue weighted by Gasteiger charge is -2.43. The summed E-state index contributed by atoms with van der Waals surface area (Å²) in [6.07, 6.45) is 6.27. The van der Waals surface area contributed by atoms with Gasteiger partial charge in [0, 0.05) is 62.9 Å². The lowest BCUT2D eigenvalue weighted by Crippen LogP contribution is -2.52. The zero-order chi connectivity index (χ0) is 37.0. The summed E-state index contributed by atoms with van der Waals surface area (Å²) in [5.41, 5.74) is 5.87. The summed E-state index contributed by atoms with van der Waals surface area (Å²) in [7, 11) is 3.76. The number of pyridine rings is 1. The van der Waals surface area contributed by atoms with Gasteiger partial charge in [-0.25, -0.2) is 4.98 Å². The Morgan fingerprint density at radius 2 is 1.68 bits per heavy atom. The van der Waals surface area contributed by atoms with E-state index in [2.05, 4.69) is 60.8 Å². The van der Waals surface area contributed by atoms with Crippen LogP contribution in [-0.4, -0.2) is 98.2 Å². The van der Waals surface area contributed by atoms with Crippen molar-refractivity contribution in [1.29, 1.82) is 0 Å². The Bertz CT molecular complexity index is 2120. The van der Waals surface area contributed by atoms with Gasteiger partial charge in [-0.3, -0.25) is 23.9 Å². The van der Waals surface area contributed by atoms with E-state index in [4.69, 9.17) is 5.10 Å². The molecule has 15 nitrogen and oxygen atoms in total. The Balaban J connectivity index is 1.06. The molecule has 1 saturated heterocycles. The van der Waals surface area contributed by atoms with Crippen LogP contribution in [0.15, 0.2) is 48.7 Å². The van der Waals surface area contributed by atoms with Gasteiger partial charge in [-0.1, -0.05) is 25.1 Å². The predicted octanol–water partition coefficient (Wildman–Crippen LogP) is 4.41. The van der Waals surface area contributed by atoms with Crippen LogP contribution >= 0.6 is 0 Å². The smallest absolute Gasteiger partial charge is 0.274 e. The van der Waals surface area contributed by atoms with Gasteiger partial charge in [-0.15, -0.1) is 10.2 Å². The molecule has 3 N–H and O–H groups in total. The van der Waals surface area contributed by atoms with Crippen molar-refractivity contribution < 1.29 is 19.2 Å². The molecule has 1 atom stereocenters. The highest BCUT2D eigenvalue weighted by Gasteiger charge is 2.40. The molecule has 1 aromatic carbocycles. The second kappa shape index (κ2) is 13.6. The van der Waals surface area contributed by atoms with Crippen LogP contribution in [0.25, 0.3) is 11.1 Å². The second-order valence-corrected chi connectivity index (χ2v) is 14.3. The van der Waals surface area contributed by atoms with E-state index < -0.39 is 0 Å². The SMILES string of the molecule is CC[C@H]1c2c(cnn2C2CN(C(=O)c3cccc(C(=O)N(C)CC)n3)C2)-c2cccc(Nc3cc(NC(=O)C4CC4)nnc3C(=O)NC3CC3)c2N1C. The molecule has 0 spiro atoms. The number of likely N-dealkylation sites (tertiary alicyclic amines) is 1. The van der Waals surface area contributed by atoms with Crippen molar-refractivity contribution in [3.05, 3.63) is 71.4 Å². The normalized spacial score (nSPS) is 17.7. The topological polar surface area (TPSA) is 171 Å². The highest BCUT2D eigenvalue weighted by Crippen LogP contribution is 2.50. The van der Waals surface area contributed by atoms with Crippen molar-refractivity contribution >= 4 is 46.5 Å². The van der Waals surface area contributed by atoms with E-state index in [1.54, 1.807) is 41.1 Å². The van der Waals surface area contributed by atoms with Gasteiger partial charge in [0.25, 0.3) is 17.7 Å². The molecule has 0 bridgehead atoms. The number of hydrogen-bond donors (Lipinski definition) is 3. The minimum absolute atomic E-state index is 0.00991. The van der Waals surface area contributed by atoms with Crippen LogP contribution in [0, 0.1) is 5.92 Å². The van der Waals surface area contributed by atoms with E-state index in [-0.39, 0.29) is 70.6 Å². The molecule has 3 aromatic heterocycles. The molecule has 4 aromatic rings. The Kier molecular flexibility index (Phi) is 8.79. The molecule has 15 heteroatoms. The molecule has 0 radical (unpaired) electrons. The number of carbonyl (C=O) groups excluding carboxylic acids is 4. The molecule has 53 heavy (non-hydrogen) atoms. The first-order valence-corrected chi connectivity index (χ1v) is 18.4. The number of nitrogens with zero attached hydrogens (tertiary/aromatic N) is 8. The van der Waals surface area contributed by atoms with Gasteiger partial charge in [0.1, 0.15) is 11.4 Å². The van der Waals surface area contributed by atoms with Crippen molar-refractivity contribution in [3.63, 3.8) is 0 Å². The maximum absolute atomic E-state index is 13.4. The minimum atomic E-state index is -0.315. The van der Waals surface area contributed by atoms with Crippen molar-refractivity contribution in [2.24, 2.45) is 5.92 Å². The summed E-state index contributed by atoms with van der Waals surface area (Å²) in [4.78, 5) is 61.9. The molecule has 274 valence electrons. The van der Waals surface area contributed by atoms with Gasteiger partial charge in [0.15, 0.2) is 11.5 Å². The Morgan fingerprint density at radius 1 is 0.925 bits per heavy atom. The highest BCUT2D eigenvalue weighted by atomic mass is 16.2. The van der Waals surface area contributed by atoms with E-state index in [1.165, 1.54) is 0 Å². The Hall–Kier alpha value is -5.86. The van der Waals surface area contributed by atoms with Gasteiger partial charge in [0.2, 0.25) is 5.91 Å². The lowest BCUT2D eigenvalue weighted by atomic mass is 9.91. The predicted molar refractivity (Wildman–Crippen MR) is 198 cm³/mol. The summed E-state index contributed by atoms with van der Waals surface area (Å²) >= 11 is 0. The lowest BCUT2D eigenvalue weighted by molar-refractivity contribution is -0.117. The number of rotatable bonds is 11. The number of benzene rings is 1. The number of para-hydroxylation sites is 1. The van der Waals surface area contributed by atoms with Crippen molar-refractivity contribution in [1.82, 2.24) is 40.1 Å². The third kappa shape index (κ3) is 6.44. The second-order valence-electron chi connectivity index (χ2n) is 14.3. The molecule has 5 heterocycles. The van der Waals surface area contributed by atoms with Crippen LogP contribution in [-0.2, 0) is 4.79 Å². The number of anilines is 4. The first kappa shape index (κ1) is 34.2. The Morgan fingerprint density at radius 3 is 2.40 bits per heavy atom. The third-order valence-electron chi connectivity index (χ3n) is 10.6. The molecule has 2 aliphatic heterocycles. The van der Waals surface area contributed by atoms with E-state index in [0.717, 1.165) is 60.3 Å². The van der Waals surface area contributed by atoms with Gasteiger partial charge < -0.3 is 30.7 Å². The summed E-state index contributed by atoms with van der Waals surface area (Å²) in [5.74, 6) is -0.570. The maximum Gasteiger partial charge on any atom is 0.274 e. The molecular weight excluding hydrogens is 674 g/mol. The number of hydrogen-bond acceptors (Lipinski definition) is 10. The van der Waals surface area contributed by atoms with E-state index >= 15 is 0 Å². The fourth-order valence-electron chi connectivity index (χ4n) is 7.12. The molecule has 4 aliphatic rings. The fourth-order valence-corrected chi connectivity index (χ4v) is 7.12. The molecule has 4 amide bonds. The van der Waals surface area contributed by atoms with E-state index in [9.17, 15) is 19.2 Å². The largest absolute Gasteiger partial charge is 0.364 e. The average Bonchev–Trinajstić information content (AvgIpc) is 4.09. The molecule has 8 rings (SSSR count). The van der Waals surface area contributed by atoms with Crippen LogP contribution in [0.4, 0.5) is 22.9 Å². The van der Waals surface area contributed by atoms with Gasteiger partial charge in [-0.2, -0.15) is 5.10 Å². The average molecular weight is 718 g/mol. The monoisotopic (exact) mass is 717 g/mol. The first-order valence-electron chi connectivity index (χ1n) is 18.4. The van der Waals surface area contributed by atoms with Crippen molar-refractivity contribution in [3.8, 4) is 11.1 Å². The number of aromatic nitrogens is 5. The van der Waals surface area contributed by atoms with Crippen LogP contribution in [0.1, 0.15) is 95.2 Å². The number of nitrogens with one attached hydrogen (secondary N) is 3. The molecule has 2 saturated carbocycles. The molecular formula is C38H43N11O4. The van der Waals surface area contributed by atoms with Crippen molar-refractivity contribution in [2.75, 3.05) is 49.3 Å². The quantitative estimate of drug-likeness (QED) is 0.202. The molecule has 0 unspecified atom stereocenters. The summed E-state index contributed by atoms with van der Waals surface area (Å²) < 4.78 is 2.05. The van der Waals surface area contributed by atoms with Crippen LogP contribution < -0.4 is 20.9 Å². The molecule has 3 fully saturated rings. The van der Waals surface area contributed by atoms with E-state index in [0.29, 0.717) is 25.3 Å². The van der Waals surface area contributed by atoms with Crippen LogP contribution in [0.5, 0.6) is 0 Å². The maximum atomic E-state index is 13.4. The highest BCUT2D eigenvalue weighted by molar-refractivity contribution is 6.02. The molecule has 2 aliphatic carbocycles. The van der Waals surface area contributed by atoms with Crippen molar-refractivity contribution in [2.45, 2.75) is 64.1 Å². The number of fused-ring (bicyclic) bond motifs is 3. The van der Waals surface area contributed by atoms with E-state index in [1.807, 2.05) is 25.3 Å². The standard InChI is InChI=1S/C38H43N11O4/c1-5-30-34-25(18-39-49(34)23-19-48(20-23)38(53)28-12-8-11-27(42-28)37(52)46(3)6-2)24-9-7-10-26(33(24)47(30)4)41-29-17-31(43-35(50)21-13-14-21)44-45-32(29)36(51)40-22-15-16-22/h7-12,17-18,21-23,30H,5-6,13-16,19-20H2,1-4H3,(H,40,51)(H2,41,43,44,50)/t30-/m0/s1. The zero-order valence-electron chi connectivity index (χ0n) is 30.3. The number of carbonyl (C=O) groups is 4. The van der Waals surface area contributed by atoms with Gasteiger partial charge in [0.05, 0.1) is 41.0 Å². The summed E-state index contributed by atoms with van der Waals surface area (Å²) in [6, 6.07) is 12.7. The van der Waals surface area contributed by atoms with Crippen LogP contribution in [0.3, 0.4) is 0 Å². The minimum Gasteiger partial charge on any atom is -0.364 e. The van der Waals surface area contributed by atoms with Gasteiger partial charge in [-0.05, 0) is 57.2 Å². The summed E-state index contributed by atoms with van der Waals surface area (Å²) in [5, 5.41) is 22.7. The zero-order valence-corrected chi connectivity index (χ0v) is 30.3.